The van der Waals surface area contributed by atoms with Crippen LogP contribution >= 0.6 is 0 Å². The summed E-state index contributed by atoms with van der Waals surface area (Å²) in [5, 5.41) is -0.493. The van der Waals surface area contributed by atoms with Crippen molar-refractivity contribution in [3.63, 3.8) is 0 Å². The number of hydrogen-bond donors (Lipinski definition) is 0. The van der Waals surface area contributed by atoms with Gasteiger partial charge in [-0.3, -0.25) is 4.98 Å². The maximum atomic E-state index is 12.2. The van der Waals surface area contributed by atoms with Crippen LogP contribution in [0.4, 0.5) is 0 Å². The zero-order chi connectivity index (χ0) is 16.1. The number of hydrogen-bond acceptors (Lipinski definition) is 5. The number of nitrogens with zero attached hydrogens (tertiary/aromatic N) is 1. The second-order valence-electron chi connectivity index (χ2n) is 6.64. The Hall–Kier alpha value is -0.915. The van der Waals surface area contributed by atoms with E-state index in [1.807, 2.05) is 27.7 Å². The first-order chi connectivity index (χ1) is 9.47. The molecule has 0 aromatic carbocycles. The smallest absolute Gasteiger partial charge is 0.399 e. The summed E-state index contributed by atoms with van der Waals surface area (Å²) in [5.74, 6) is 0. The van der Waals surface area contributed by atoms with Crippen LogP contribution in [0.3, 0.4) is 0 Å². The number of sulfone groups is 1. The number of aromatic nitrogens is 1. The molecule has 21 heavy (non-hydrogen) atoms. The van der Waals surface area contributed by atoms with Gasteiger partial charge in [0, 0.05) is 17.9 Å². The fourth-order valence-corrected chi connectivity index (χ4v) is 3.02. The average molecular weight is 311 g/mol. The van der Waals surface area contributed by atoms with Gasteiger partial charge in [0.15, 0.2) is 9.84 Å². The number of rotatable bonds is 3. The highest BCUT2D eigenvalue weighted by atomic mass is 32.2. The molecule has 0 bridgehead atoms. The fourth-order valence-electron chi connectivity index (χ4n) is 1.97. The van der Waals surface area contributed by atoms with Gasteiger partial charge in [-0.1, -0.05) is 0 Å². The van der Waals surface area contributed by atoms with Crippen molar-refractivity contribution in [2.24, 2.45) is 0 Å². The molecule has 1 aliphatic rings. The molecule has 1 aromatic heterocycles. The Kier molecular flexibility index (Phi) is 3.97. The molecule has 2 rings (SSSR count). The summed E-state index contributed by atoms with van der Waals surface area (Å²) in [6, 6.07) is 1.59. The molecule has 0 spiro atoms. The van der Waals surface area contributed by atoms with Gasteiger partial charge in [-0.25, -0.2) is 8.42 Å². The molecule has 1 aromatic rings. The van der Waals surface area contributed by atoms with Crippen LogP contribution in [0.25, 0.3) is 0 Å². The molecule has 116 valence electrons. The second kappa shape index (κ2) is 5.07. The lowest BCUT2D eigenvalue weighted by molar-refractivity contribution is 0.00578. The molecule has 0 aliphatic carbocycles. The molecule has 1 fully saturated rings. The first-order valence-electron chi connectivity index (χ1n) is 7.02. The average Bonchev–Trinajstić information content (AvgIpc) is 2.58. The molecule has 0 N–H and O–H groups in total. The van der Waals surface area contributed by atoms with Gasteiger partial charge in [-0.2, -0.15) is 0 Å². The molecule has 0 saturated carbocycles. The highest BCUT2D eigenvalue weighted by Gasteiger charge is 2.51. The molecule has 0 radical (unpaired) electrons. The molecule has 0 atom stereocenters. The lowest BCUT2D eigenvalue weighted by atomic mass is 9.80. The quantitative estimate of drug-likeness (QED) is 0.793. The van der Waals surface area contributed by atoms with Crippen molar-refractivity contribution in [1.29, 1.82) is 0 Å². The van der Waals surface area contributed by atoms with E-state index < -0.39 is 33.4 Å². The van der Waals surface area contributed by atoms with E-state index in [4.69, 9.17) is 9.31 Å². The monoisotopic (exact) mass is 311 g/mol. The highest BCUT2D eigenvalue weighted by molar-refractivity contribution is 7.92. The third kappa shape index (κ3) is 2.87. The highest BCUT2D eigenvalue weighted by Crippen LogP contribution is 2.36. The topological polar surface area (TPSA) is 65.5 Å². The minimum Gasteiger partial charge on any atom is -0.399 e. The van der Waals surface area contributed by atoms with Crippen molar-refractivity contribution in [1.82, 2.24) is 4.98 Å². The van der Waals surface area contributed by atoms with Crippen molar-refractivity contribution in [2.45, 2.75) is 62.9 Å². The molecular weight excluding hydrogens is 289 g/mol. The van der Waals surface area contributed by atoms with E-state index in [9.17, 15) is 8.42 Å². The van der Waals surface area contributed by atoms with Crippen LogP contribution in [-0.4, -0.2) is 37.0 Å². The molecule has 7 heteroatoms. The van der Waals surface area contributed by atoms with Gasteiger partial charge >= 0.3 is 7.12 Å². The second-order valence-corrected chi connectivity index (χ2v) is 9.14. The van der Waals surface area contributed by atoms with E-state index in [-0.39, 0.29) is 4.90 Å². The Labute approximate surface area is 127 Å². The van der Waals surface area contributed by atoms with Crippen molar-refractivity contribution in [2.75, 3.05) is 0 Å². The summed E-state index contributed by atoms with van der Waals surface area (Å²) in [5.41, 5.74) is -0.315. The minimum absolute atomic E-state index is 0.199. The lowest BCUT2D eigenvalue weighted by Crippen LogP contribution is -2.41. The van der Waals surface area contributed by atoms with E-state index in [0.29, 0.717) is 5.46 Å². The predicted molar refractivity (Wildman–Crippen MR) is 82.3 cm³/mol. The summed E-state index contributed by atoms with van der Waals surface area (Å²) >= 11 is 0. The number of pyridine rings is 1. The zero-order valence-electron chi connectivity index (χ0n) is 13.4. The van der Waals surface area contributed by atoms with Crippen molar-refractivity contribution >= 4 is 22.4 Å². The SMILES string of the molecule is CC(C)S(=O)(=O)c1cncc(B2OC(C)(C)C(C)(C)O2)c1. The fraction of sp³-hybridized carbons (Fsp3) is 0.643. The molecule has 2 heterocycles. The third-order valence-electron chi connectivity index (χ3n) is 4.21. The van der Waals surface area contributed by atoms with Gasteiger partial charge in [0.1, 0.15) is 0 Å². The molecule has 5 nitrogen and oxygen atoms in total. The van der Waals surface area contributed by atoms with Crippen molar-refractivity contribution in [3.8, 4) is 0 Å². The van der Waals surface area contributed by atoms with Crippen LogP contribution in [0, 0.1) is 0 Å². The molecular formula is C14H22BNO4S. The van der Waals surface area contributed by atoms with Crippen LogP contribution in [0.2, 0.25) is 0 Å². The Morgan fingerprint density at radius 1 is 1.10 bits per heavy atom. The largest absolute Gasteiger partial charge is 0.496 e. The lowest BCUT2D eigenvalue weighted by Gasteiger charge is -2.32. The van der Waals surface area contributed by atoms with Crippen LogP contribution in [-0.2, 0) is 19.1 Å². The predicted octanol–water partition coefficient (Wildman–Crippen LogP) is 1.56. The molecule has 1 aliphatic heterocycles. The maximum absolute atomic E-state index is 12.2. The van der Waals surface area contributed by atoms with E-state index in [2.05, 4.69) is 4.98 Å². The van der Waals surface area contributed by atoms with Crippen LogP contribution < -0.4 is 5.46 Å². The first kappa shape index (κ1) is 16.5. The van der Waals surface area contributed by atoms with E-state index in [0.717, 1.165) is 0 Å². The van der Waals surface area contributed by atoms with Crippen LogP contribution in [0.1, 0.15) is 41.5 Å². The van der Waals surface area contributed by atoms with Gasteiger partial charge in [-0.15, -0.1) is 0 Å². The van der Waals surface area contributed by atoms with E-state index in [1.165, 1.54) is 6.20 Å². The Morgan fingerprint density at radius 3 is 2.10 bits per heavy atom. The van der Waals surface area contributed by atoms with Crippen molar-refractivity contribution in [3.05, 3.63) is 18.5 Å². The Bertz CT molecular complexity index is 624. The summed E-state index contributed by atoms with van der Waals surface area (Å²) in [4.78, 5) is 4.23. The molecule has 0 amide bonds. The van der Waals surface area contributed by atoms with Gasteiger partial charge in [-0.05, 0) is 47.6 Å². The van der Waals surface area contributed by atoms with Gasteiger partial charge in [0.2, 0.25) is 0 Å². The molecule has 1 saturated heterocycles. The Morgan fingerprint density at radius 2 is 1.62 bits per heavy atom. The third-order valence-corrected chi connectivity index (χ3v) is 6.33. The standard InChI is InChI=1S/C14H22BNO4S/c1-10(2)21(17,18)12-7-11(8-16-9-12)15-19-13(3,4)14(5,6)20-15/h7-10H,1-6H3. The Balaban J connectivity index is 2.37. The zero-order valence-corrected chi connectivity index (χ0v) is 14.2. The summed E-state index contributed by atoms with van der Waals surface area (Å²) in [6.45, 7) is 11.1. The summed E-state index contributed by atoms with van der Waals surface area (Å²) < 4.78 is 36.3. The van der Waals surface area contributed by atoms with Gasteiger partial charge < -0.3 is 9.31 Å². The van der Waals surface area contributed by atoms with Gasteiger partial charge in [0.25, 0.3) is 0 Å². The molecule has 0 unspecified atom stereocenters. The van der Waals surface area contributed by atoms with Crippen molar-refractivity contribution < 1.29 is 17.7 Å². The normalized spacial score (nSPS) is 21.0. The first-order valence-corrected chi connectivity index (χ1v) is 8.56. The van der Waals surface area contributed by atoms with E-state index in [1.54, 1.807) is 26.1 Å². The van der Waals surface area contributed by atoms with Crippen LogP contribution in [0.15, 0.2) is 23.4 Å². The maximum Gasteiger partial charge on any atom is 0.496 e. The van der Waals surface area contributed by atoms with Crippen LogP contribution in [0.5, 0.6) is 0 Å². The summed E-state index contributed by atoms with van der Waals surface area (Å²) in [7, 11) is -3.97. The minimum atomic E-state index is -3.36. The van der Waals surface area contributed by atoms with Gasteiger partial charge in [0.05, 0.1) is 21.3 Å². The summed E-state index contributed by atoms with van der Waals surface area (Å²) in [6.07, 6.45) is 2.95. The van der Waals surface area contributed by atoms with E-state index >= 15 is 0 Å².